The number of thioether (sulfide) groups is 1. The number of nitrogens with zero attached hydrogens (tertiary/aromatic N) is 2. The van der Waals surface area contributed by atoms with Gasteiger partial charge in [0.2, 0.25) is 5.91 Å². The number of primary amides is 1. The Bertz CT molecular complexity index is 812. The fourth-order valence-corrected chi connectivity index (χ4v) is 4.62. The molecule has 6 heteroatoms. The van der Waals surface area contributed by atoms with Crippen molar-refractivity contribution in [1.82, 2.24) is 9.55 Å². The average molecular weight is 359 g/mol. The van der Waals surface area contributed by atoms with E-state index in [9.17, 15) is 9.59 Å². The Kier molecular flexibility index (Phi) is 5.78. The van der Waals surface area contributed by atoms with Gasteiger partial charge >= 0.3 is 0 Å². The summed E-state index contributed by atoms with van der Waals surface area (Å²) in [5, 5.41) is 0.930. The number of hydrogen-bond donors (Lipinski definition) is 1. The van der Waals surface area contributed by atoms with Crippen LogP contribution in [0.1, 0.15) is 57.9 Å². The third-order valence-electron chi connectivity index (χ3n) is 4.85. The maximum Gasteiger partial charge on any atom is 0.262 e. The number of hydrogen-bond acceptors (Lipinski definition) is 4. The molecule has 0 unspecified atom stereocenters. The Morgan fingerprint density at radius 2 is 2.08 bits per heavy atom. The smallest absolute Gasteiger partial charge is 0.262 e. The Balaban J connectivity index is 2.06. The summed E-state index contributed by atoms with van der Waals surface area (Å²) in [7, 11) is 0. The molecule has 1 aromatic carbocycles. The van der Waals surface area contributed by atoms with Crippen LogP contribution in [0.5, 0.6) is 0 Å². The molecule has 25 heavy (non-hydrogen) atoms. The number of carbonyl (C=O) groups is 1. The largest absolute Gasteiger partial charge is 0.369 e. The van der Waals surface area contributed by atoms with E-state index in [0.717, 1.165) is 38.5 Å². The number of fused-ring (bicyclic) bond motifs is 1. The molecular weight excluding hydrogens is 334 g/mol. The van der Waals surface area contributed by atoms with Crippen LogP contribution in [-0.4, -0.2) is 20.7 Å². The van der Waals surface area contributed by atoms with Crippen LogP contribution in [0.4, 0.5) is 0 Å². The number of aromatic nitrogens is 2. The van der Waals surface area contributed by atoms with E-state index in [0.29, 0.717) is 22.5 Å². The summed E-state index contributed by atoms with van der Waals surface area (Å²) < 4.78 is 1.82. The van der Waals surface area contributed by atoms with Crippen LogP contribution in [0.25, 0.3) is 10.9 Å². The molecule has 0 radical (unpaired) electrons. The number of carbonyl (C=O) groups excluding carboxylic acids is 1. The molecule has 1 amide bonds. The van der Waals surface area contributed by atoms with Gasteiger partial charge < -0.3 is 5.73 Å². The van der Waals surface area contributed by atoms with Gasteiger partial charge in [0.05, 0.1) is 16.2 Å². The lowest BCUT2D eigenvalue weighted by Crippen LogP contribution is -2.30. The minimum Gasteiger partial charge on any atom is -0.369 e. The molecule has 1 heterocycles. The van der Waals surface area contributed by atoms with E-state index in [1.165, 1.54) is 11.8 Å². The van der Waals surface area contributed by atoms with Crippen molar-refractivity contribution in [2.45, 2.75) is 68.3 Å². The zero-order valence-electron chi connectivity index (χ0n) is 14.6. The molecule has 3 rings (SSSR count). The molecule has 0 spiro atoms. The first kappa shape index (κ1) is 18.0. The Labute approximate surface area is 152 Å². The van der Waals surface area contributed by atoms with Crippen LogP contribution < -0.4 is 11.3 Å². The van der Waals surface area contributed by atoms with Gasteiger partial charge in [-0.15, -0.1) is 0 Å². The first-order chi connectivity index (χ1) is 12.1. The summed E-state index contributed by atoms with van der Waals surface area (Å²) in [6, 6.07) is 7.60. The van der Waals surface area contributed by atoms with Crippen molar-refractivity contribution in [2.75, 3.05) is 0 Å². The zero-order chi connectivity index (χ0) is 17.8. The molecule has 1 saturated carbocycles. The van der Waals surface area contributed by atoms with Gasteiger partial charge in [0.25, 0.3) is 5.56 Å². The molecule has 134 valence electrons. The van der Waals surface area contributed by atoms with Gasteiger partial charge in [0.15, 0.2) is 5.16 Å². The van der Waals surface area contributed by atoms with Gasteiger partial charge in [-0.25, -0.2) is 4.98 Å². The van der Waals surface area contributed by atoms with Crippen molar-refractivity contribution in [3.05, 3.63) is 34.6 Å². The third kappa shape index (κ3) is 3.89. The van der Waals surface area contributed by atoms with Crippen LogP contribution >= 0.6 is 11.8 Å². The highest BCUT2D eigenvalue weighted by Gasteiger charge is 2.26. The lowest BCUT2D eigenvalue weighted by atomic mass is 10.2. The van der Waals surface area contributed by atoms with Crippen LogP contribution in [0, 0.1) is 0 Å². The van der Waals surface area contributed by atoms with Crippen molar-refractivity contribution < 1.29 is 4.79 Å². The molecule has 1 aromatic heterocycles. The SMILES string of the molecule is CCCC[C@H](Sc1nc2ccccc2c(=O)n1C1CCCC1)C(N)=O. The van der Waals surface area contributed by atoms with E-state index < -0.39 is 0 Å². The second kappa shape index (κ2) is 8.04. The molecule has 0 saturated heterocycles. The van der Waals surface area contributed by atoms with Crippen LogP contribution in [0.2, 0.25) is 0 Å². The second-order valence-electron chi connectivity index (χ2n) is 6.68. The monoisotopic (exact) mass is 359 g/mol. The summed E-state index contributed by atoms with van der Waals surface area (Å²) in [6.45, 7) is 2.09. The van der Waals surface area contributed by atoms with Gasteiger partial charge in [-0.3, -0.25) is 14.2 Å². The Morgan fingerprint density at radius 1 is 1.36 bits per heavy atom. The summed E-state index contributed by atoms with van der Waals surface area (Å²) >= 11 is 1.36. The fourth-order valence-electron chi connectivity index (χ4n) is 3.47. The zero-order valence-corrected chi connectivity index (χ0v) is 15.4. The standard InChI is InChI=1S/C19H25N3O2S/c1-2-3-12-16(17(20)23)25-19-21-15-11-7-6-10-14(15)18(24)22(19)13-8-4-5-9-13/h6-7,10-11,13,16H,2-5,8-9,12H2,1H3,(H2,20,23)/t16-/m0/s1. The molecule has 2 aromatic rings. The highest BCUT2D eigenvalue weighted by Crippen LogP contribution is 2.34. The minimum atomic E-state index is -0.347. The molecule has 1 fully saturated rings. The first-order valence-electron chi connectivity index (χ1n) is 9.09. The van der Waals surface area contributed by atoms with Gasteiger partial charge in [0.1, 0.15) is 0 Å². The molecule has 1 aliphatic rings. The lowest BCUT2D eigenvalue weighted by Gasteiger charge is -2.21. The molecule has 0 bridgehead atoms. The van der Waals surface area contributed by atoms with Gasteiger partial charge in [0, 0.05) is 6.04 Å². The van der Waals surface area contributed by atoms with Crippen LogP contribution in [-0.2, 0) is 4.79 Å². The van der Waals surface area contributed by atoms with Crippen molar-refractivity contribution in [2.24, 2.45) is 5.73 Å². The molecule has 5 nitrogen and oxygen atoms in total. The Hall–Kier alpha value is -1.82. The summed E-state index contributed by atoms with van der Waals surface area (Å²) in [4.78, 5) is 29.7. The molecule has 1 aliphatic carbocycles. The quantitative estimate of drug-likeness (QED) is 0.604. The van der Waals surface area contributed by atoms with Crippen LogP contribution in [0.3, 0.4) is 0 Å². The minimum absolute atomic E-state index is 0.00119. The molecule has 2 N–H and O–H groups in total. The average Bonchev–Trinajstić information content (AvgIpc) is 3.12. The number of unbranched alkanes of at least 4 members (excludes halogenated alkanes) is 1. The van der Waals surface area contributed by atoms with Crippen molar-refractivity contribution in [1.29, 1.82) is 0 Å². The maximum absolute atomic E-state index is 13.1. The predicted molar refractivity (Wildman–Crippen MR) is 102 cm³/mol. The maximum atomic E-state index is 13.1. The topological polar surface area (TPSA) is 78.0 Å². The summed E-state index contributed by atoms with van der Waals surface area (Å²) in [5.74, 6) is -0.334. The van der Waals surface area contributed by atoms with Gasteiger partial charge in [-0.1, -0.05) is 56.5 Å². The molecule has 0 aliphatic heterocycles. The first-order valence-corrected chi connectivity index (χ1v) is 9.97. The van der Waals surface area contributed by atoms with E-state index in [-0.39, 0.29) is 22.8 Å². The fraction of sp³-hybridized carbons (Fsp3) is 0.526. The number of rotatable bonds is 7. The molecular formula is C19H25N3O2S. The second-order valence-corrected chi connectivity index (χ2v) is 7.85. The van der Waals surface area contributed by atoms with Crippen molar-refractivity contribution in [3.63, 3.8) is 0 Å². The van der Waals surface area contributed by atoms with Crippen molar-refractivity contribution in [3.8, 4) is 0 Å². The normalized spacial score (nSPS) is 16.4. The van der Waals surface area contributed by atoms with E-state index in [2.05, 4.69) is 6.92 Å². The van der Waals surface area contributed by atoms with Gasteiger partial charge in [-0.05, 0) is 31.4 Å². The molecule has 1 atom stereocenters. The predicted octanol–water partition coefficient (Wildman–Crippen LogP) is 3.65. The highest BCUT2D eigenvalue weighted by molar-refractivity contribution is 8.00. The third-order valence-corrected chi connectivity index (χ3v) is 6.10. The summed E-state index contributed by atoms with van der Waals surface area (Å²) in [5.41, 5.74) is 6.29. The van der Waals surface area contributed by atoms with E-state index in [1.54, 1.807) is 0 Å². The van der Waals surface area contributed by atoms with Gasteiger partial charge in [-0.2, -0.15) is 0 Å². The number of benzene rings is 1. The number of amides is 1. The lowest BCUT2D eigenvalue weighted by molar-refractivity contribution is -0.117. The number of nitrogens with two attached hydrogens (primary N) is 1. The van der Waals surface area contributed by atoms with E-state index in [4.69, 9.17) is 10.7 Å². The summed E-state index contributed by atoms with van der Waals surface area (Å²) in [6.07, 6.45) is 6.89. The Morgan fingerprint density at radius 3 is 2.76 bits per heavy atom. The van der Waals surface area contributed by atoms with E-state index >= 15 is 0 Å². The highest BCUT2D eigenvalue weighted by atomic mass is 32.2. The van der Waals surface area contributed by atoms with Crippen LogP contribution in [0.15, 0.2) is 34.2 Å². The van der Waals surface area contributed by atoms with Crippen molar-refractivity contribution >= 4 is 28.6 Å². The van der Waals surface area contributed by atoms with E-state index in [1.807, 2.05) is 28.8 Å². The number of para-hydroxylation sites is 1.